The standard InChI is InChI=1S/C25H25FN2O2/c26-21-9-5-4-8-20(21)22-17-23(27-30-22)25(12-13-25)24(29)28-14-10-19(11-15-28)16-18-6-2-1-3-7-18/h1-9,17,19H,10-16H2. The first-order valence-corrected chi connectivity index (χ1v) is 10.7. The maximum absolute atomic E-state index is 14.1. The number of hydrogen-bond donors (Lipinski definition) is 0. The van der Waals surface area contributed by atoms with Crippen LogP contribution in [0.25, 0.3) is 11.3 Å². The molecule has 0 atom stereocenters. The number of hydrogen-bond acceptors (Lipinski definition) is 3. The molecule has 1 amide bonds. The minimum absolute atomic E-state index is 0.147. The Morgan fingerprint density at radius 2 is 1.77 bits per heavy atom. The van der Waals surface area contributed by atoms with Crippen LogP contribution in [0.3, 0.4) is 0 Å². The third-order valence-electron chi connectivity index (χ3n) is 6.57. The number of nitrogens with zero attached hydrogens (tertiary/aromatic N) is 2. The Labute approximate surface area is 175 Å². The molecule has 2 aromatic carbocycles. The van der Waals surface area contributed by atoms with E-state index in [4.69, 9.17) is 4.52 Å². The van der Waals surface area contributed by atoms with Crippen molar-refractivity contribution in [1.82, 2.24) is 10.1 Å². The van der Waals surface area contributed by atoms with E-state index in [0.29, 0.717) is 22.9 Å². The molecule has 0 spiro atoms. The summed E-state index contributed by atoms with van der Waals surface area (Å²) in [5.74, 6) is 0.793. The van der Waals surface area contributed by atoms with Crippen molar-refractivity contribution in [3.05, 3.63) is 77.7 Å². The van der Waals surface area contributed by atoms with Gasteiger partial charge in [-0.25, -0.2) is 4.39 Å². The second-order valence-electron chi connectivity index (χ2n) is 8.56. The zero-order chi connectivity index (χ0) is 20.6. The van der Waals surface area contributed by atoms with Gasteiger partial charge in [0.15, 0.2) is 5.76 Å². The van der Waals surface area contributed by atoms with Gasteiger partial charge in [-0.15, -0.1) is 0 Å². The summed E-state index contributed by atoms with van der Waals surface area (Å²) in [6.45, 7) is 1.58. The van der Waals surface area contributed by atoms with Gasteiger partial charge in [-0.1, -0.05) is 47.6 Å². The zero-order valence-electron chi connectivity index (χ0n) is 16.9. The lowest BCUT2D eigenvalue weighted by Crippen LogP contribution is -2.44. The zero-order valence-corrected chi connectivity index (χ0v) is 16.9. The van der Waals surface area contributed by atoms with Crippen molar-refractivity contribution >= 4 is 5.91 Å². The fourth-order valence-electron chi connectivity index (χ4n) is 4.58. The van der Waals surface area contributed by atoms with Crippen molar-refractivity contribution in [2.75, 3.05) is 13.1 Å². The summed E-state index contributed by atoms with van der Waals surface area (Å²) in [5, 5.41) is 4.17. The van der Waals surface area contributed by atoms with E-state index in [1.807, 2.05) is 11.0 Å². The van der Waals surface area contributed by atoms with Gasteiger partial charge in [0.05, 0.1) is 16.7 Å². The Hall–Kier alpha value is -2.95. The molecule has 0 N–H and O–H groups in total. The minimum atomic E-state index is -0.584. The SMILES string of the molecule is O=C(N1CCC(Cc2ccccc2)CC1)C1(c2cc(-c3ccccc3F)on2)CC1. The Bertz CT molecular complexity index is 1030. The van der Waals surface area contributed by atoms with E-state index in [2.05, 4.69) is 29.4 Å². The van der Waals surface area contributed by atoms with E-state index in [1.54, 1.807) is 24.3 Å². The lowest BCUT2D eigenvalue weighted by atomic mass is 9.89. The van der Waals surface area contributed by atoms with Gasteiger partial charge in [0.25, 0.3) is 0 Å². The third kappa shape index (κ3) is 3.53. The van der Waals surface area contributed by atoms with Crippen LogP contribution < -0.4 is 0 Å². The van der Waals surface area contributed by atoms with E-state index in [9.17, 15) is 9.18 Å². The molecule has 5 heteroatoms. The van der Waals surface area contributed by atoms with E-state index in [1.165, 1.54) is 11.6 Å². The average Bonchev–Trinajstić information content (AvgIpc) is 3.45. The Balaban J connectivity index is 1.25. The predicted octanol–water partition coefficient (Wildman–Crippen LogP) is 4.99. The number of piperidine rings is 1. The number of aromatic nitrogens is 1. The molecule has 0 unspecified atom stereocenters. The summed E-state index contributed by atoms with van der Waals surface area (Å²) >= 11 is 0. The van der Waals surface area contributed by atoms with Gasteiger partial charge >= 0.3 is 0 Å². The molecular weight excluding hydrogens is 379 g/mol. The highest BCUT2D eigenvalue weighted by Gasteiger charge is 2.55. The van der Waals surface area contributed by atoms with E-state index >= 15 is 0 Å². The molecule has 154 valence electrons. The van der Waals surface area contributed by atoms with Crippen molar-refractivity contribution in [3.63, 3.8) is 0 Å². The van der Waals surface area contributed by atoms with E-state index in [0.717, 1.165) is 45.2 Å². The number of rotatable bonds is 5. The van der Waals surface area contributed by atoms with Crippen LogP contribution in [0.4, 0.5) is 4.39 Å². The van der Waals surface area contributed by atoms with Gasteiger partial charge in [-0.2, -0.15) is 0 Å². The van der Waals surface area contributed by atoms with Crippen LogP contribution in [0.15, 0.2) is 65.2 Å². The Morgan fingerprint density at radius 1 is 1.07 bits per heavy atom. The highest BCUT2D eigenvalue weighted by atomic mass is 19.1. The molecule has 1 aromatic heterocycles. The summed E-state index contributed by atoms with van der Waals surface area (Å²) in [4.78, 5) is 15.3. The number of likely N-dealkylation sites (tertiary alicyclic amines) is 1. The summed E-state index contributed by atoms with van der Waals surface area (Å²) in [6, 6.07) is 18.8. The molecule has 1 saturated heterocycles. The van der Waals surface area contributed by atoms with Crippen LogP contribution in [-0.4, -0.2) is 29.1 Å². The molecule has 1 saturated carbocycles. The minimum Gasteiger partial charge on any atom is -0.356 e. The largest absolute Gasteiger partial charge is 0.356 e. The monoisotopic (exact) mass is 404 g/mol. The molecule has 2 aliphatic rings. The maximum Gasteiger partial charge on any atom is 0.234 e. The van der Waals surface area contributed by atoms with Crippen LogP contribution in [0, 0.1) is 11.7 Å². The first kappa shape index (κ1) is 19.0. The molecule has 5 rings (SSSR count). The number of benzene rings is 2. The molecule has 30 heavy (non-hydrogen) atoms. The molecule has 3 aromatic rings. The second kappa shape index (κ2) is 7.71. The van der Waals surface area contributed by atoms with Crippen LogP contribution in [0.2, 0.25) is 0 Å². The fourth-order valence-corrected chi connectivity index (χ4v) is 4.58. The van der Waals surface area contributed by atoms with Crippen LogP contribution in [0.1, 0.15) is 36.9 Å². The van der Waals surface area contributed by atoms with Crippen molar-refractivity contribution in [3.8, 4) is 11.3 Å². The molecule has 4 nitrogen and oxygen atoms in total. The highest BCUT2D eigenvalue weighted by Crippen LogP contribution is 2.50. The maximum atomic E-state index is 14.1. The first-order chi connectivity index (χ1) is 14.7. The molecule has 0 radical (unpaired) electrons. The number of halogens is 1. The first-order valence-electron chi connectivity index (χ1n) is 10.7. The van der Waals surface area contributed by atoms with Crippen molar-refractivity contribution in [2.45, 2.75) is 37.5 Å². The summed E-state index contributed by atoms with van der Waals surface area (Å²) in [6.07, 6.45) is 4.67. The van der Waals surface area contributed by atoms with Crippen LogP contribution in [0.5, 0.6) is 0 Å². The van der Waals surface area contributed by atoms with Gasteiger partial charge < -0.3 is 9.42 Å². The molecular formula is C25H25FN2O2. The van der Waals surface area contributed by atoms with Gasteiger partial charge in [0.2, 0.25) is 5.91 Å². The Kier molecular flexibility index (Phi) is 4.89. The van der Waals surface area contributed by atoms with Gasteiger partial charge in [-0.3, -0.25) is 4.79 Å². The lowest BCUT2D eigenvalue weighted by molar-refractivity contribution is -0.135. The normalized spacial score (nSPS) is 18.4. The molecule has 1 aliphatic carbocycles. The molecule has 2 fully saturated rings. The Morgan fingerprint density at radius 3 is 2.47 bits per heavy atom. The smallest absolute Gasteiger partial charge is 0.234 e. The third-order valence-corrected chi connectivity index (χ3v) is 6.57. The highest BCUT2D eigenvalue weighted by molar-refractivity contribution is 5.91. The summed E-state index contributed by atoms with van der Waals surface area (Å²) in [5.41, 5.74) is 1.79. The lowest BCUT2D eigenvalue weighted by Gasteiger charge is -2.34. The topological polar surface area (TPSA) is 46.3 Å². The van der Waals surface area contributed by atoms with Gasteiger partial charge in [0, 0.05) is 19.2 Å². The molecule has 2 heterocycles. The van der Waals surface area contributed by atoms with Crippen molar-refractivity contribution in [1.29, 1.82) is 0 Å². The summed E-state index contributed by atoms with van der Waals surface area (Å²) < 4.78 is 19.5. The second-order valence-corrected chi connectivity index (χ2v) is 8.56. The number of amides is 1. The number of carbonyl (C=O) groups is 1. The van der Waals surface area contributed by atoms with Crippen LogP contribution in [-0.2, 0) is 16.6 Å². The van der Waals surface area contributed by atoms with Crippen LogP contribution >= 0.6 is 0 Å². The van der Waals surface area contributed by atoms with Gasteiger partial charge in [0.1, 0.15) is 5.82 Å². The fraction of sp³-hybridized carbons (Fsp3) is 0.360. The van der Waals surface area contributed by atoms with Crippen molar-refractivity contribution in [2.24, 2.45) is 5.92 Å². The summed E-state index contributed by atoms with van der Waals surface area (Å²) in [7, 11) is 0. The predicted molar refractivity (Wildman–Crippen MR) is 112 cm³/mol. The molecule has 1 aliphatic heterocycles. The quantitative estimate of drug-likeness (QED) is 0.602. The number of carbonyl (C=O) groups excluding carboxylic acids is 1. The van der Waals surface area contributed by atoms with E-state index < -0.39 is 5.41 Å². The van der Waals surface area contributed by atoms with E-state index in [-0.39, 0.29) is 11.7 Å². The van der Waals surface area contributed by atoms with Crippen molar-refractivity contribution < 1.29 is 13.7 Å². The molecule has 0 bridgehead atoms. The average molecular weight is 404 g/mol. The van der Waals surface area contributed by atoms with Gasteiger partial charge in [-0.05, 0) is 55.7 Å².